The Labute approximate surface area is 141 Å². The zero-order valence-electron chi connectivity index (χ0n) is 12.4. The molecular weight excluding hydrogens is 316 g/mol. The SMILES string of the molecule is CC(C)OC(=O)C1=CSC2=Cc3ccccc3C=CC2=C1.Cl. The molecule has 3 rings (SSSR count). The van der Waals surface area contributed by atoms with E-state index in [2.05, 4.69) is 30.4 Å². The van der Waals surface area contributed by atoms with Gasteiger partial charge in [0.05, 0.1) is 11.7 Å². The molecule has 0 N–H and O–H groups in total. The molecule has 1 aliphatic heterocycles. The van der Waals surface area contributed by atoms with Crippen molar-refractivity contribution in [3.05, 3.63) is 69.0 Å². The van der Waals surface area contributed by atoms with E-state index in [0.29, 0.717) is 5.57 Å². The molecule has 0 radical (unpaired) electrons. The number of thioether (sulfide) groups is 1. The predicted molar refractivity (Wildman–Crippen MR) is 95.7 cm³/mol. The minimum absolute atomic E-state index is 0. The van der Waals surface area contributed by atoms with E-state index < -0.39 is 0 Å². The number of benzene rings is 1. The molecule has 0 aromatic heterocycles. The van der Waals surface area contributed by atoms with Crippen LogP contribution >= 0.6 is 24.2 Å². The molecule has 0 fully saturated rings. The standard InChI is InChI=1S/C18H16O2S.ClH/c1-12(2)20-18(19)16-9-15-8-7-13-5-3-4-6-14(13)10-17(15)21-11-16;/h3-12H,1-2H3;1H. The molecule has 0 saturated heterocycles. The summed E-state index contributed by atoms with van der Waals surface area (Å²) in [6.07, 6.45) is 8.09. The van der Waals surface area contributed by atoms with Crippen LogP contribution in [0, 0.1) is 0 Å². The maximum Gasteiger partial charge on any atom is 0.338 e. The Kier molecular flexibility index (Phi) is 5.33. The summed E-state index contributed by atoms with van der Waals surface area (Å²) in [6.45, 7) is 3.71. The lowest BCUT2D eigenvalue weighted by molar-refractivity contribution is -0.142. The van der Waals surface area contributed by atoms with Gasteiger partial charge in [-0.25, -0.2) is 4.79 Å². The van der Waals surface area contributed by atoms with E-state index in [0.717, 1.165) is 10.5 Å². The van der Waals surface area contributed by atoms with Gasteiger partial charge in [0.1, 0.15) is 0 Å². The van der Waals surface area contributed by atoms with Crippen LogP contribution in [-0.2, 0) is 9.53 Å². The number of allylic oxidation sites excluding steroid dienone is 2. The molecule has 4 heteroatoms. The number of fused-ring (bicyclic) bond motifs is 2. The number of rotatable bonds is 2. The van der Waals surface area contributed by atoms with Crippen molar-refractivity contribution in [2.24, 2.45) is 0 Å². The van der Waals surface area contributed by atoms with Crippen molar-refractivity contribution in [2.75, 3.05) is 0 Å². The molecule has 1 aromatic carbocycles. The topological polar surface area (TPSA) is 26.3 Å². The van der Waals surface area contributed by atoms with Crippen molar-refractivity contribution in [3.63, 3.8) is 0 Å². The van der Waals surface area contributed by atoms with E-state index in [1.54, 1.807) is 11.8 Å². The molecule has 2 aliphatic rings. The molecule has 0 unspecified atom stereocenters. The maximum absolute atomic E-state index is 12.0. The Morgan fingerprint density at radius 2 is 1.82 bits per heavy atom. The van der Waals surface area contributed by atoms with Gasteiger partial charge in [-0.3, -0.25) is 0 Å². The molecule has 1 aliphatic carbocycles. The van der Waals surface area contributed by atoms with Gasteiger partial charge in [0, 0.05) is 4.91 Å². The highest BCUT2D eigenvalue weighted by Gasteiger charge is 2.18. The molecule has 1 heterocycles. The average molecular weight is 333 g/mol. The van der Waals surface area contributed by atoms with Crippen LogP contribution in [0.1, 0.15) is 25.0 Å². The first-order valence-electron chi connectivity index (χ1n) is 6.92. The van der Waals surface area contributed by atoms with Crippen LogP contribution in [0.5, 0.6) is 0 Å². The van der Waals surface area contributed by atoms with Crippen molar-refractivity contribution < 1.29 is 9.53 Å². The molecular formula is C18H17ClO2S. The van der Waals surface area contributed by atoms with E-state index in [1.807, 2.05) is 37.5 Å². The van der Waals surface area contributed by atoms with Crippen LogP contribution in [0.15, 0.2) is 57.9 Å². The minimum Gasteiger partial charge on any atom is -0.459 e. The molecule has 0 spiro atoms. The first kappa shape index (κ1) is 16.7. The second-order valence-electron chi connectivity index (χ2n) is 5.22. The molecule has 114 valence electrons. The Morgan fingerprint density at radius 1 is 1.09 bits per heavy atom. The lowest BCUT2D eigenvalue weighted by Crippen LogP contribution is -2.13. The first-order valence-corrected chi connectivity index (χ1v) is 7.80. The molecule has 0 amide bonds. The molecule has 1 aromatic rings. The predicted octanol–water partition coefficient (Wildman–Crippen LogP) is 4.98. The highest BCUT2D eigenvalue weighted by molar-refractivity contribution is 8.06. The number of esters is 1. The quantitative estimate of drug-likeness (QED) is 0.714. The van der Waals surface area contributed by atoms with Gasteiger partial charge in [-0.15, -0.1) is 12.4 Å². The fourth-order valence-corrected chi connectivity index (χ4v) is 3.10. The Hall–Kier alpha value is -1.71. The summed E-state index contributed by atoms with van der Waals surface area (Å²) in [4.78, 5) is 13.1. The number of ether oxygens (including phenoxy) is 1. The summed E-state index contributed by atoms with van der Waals surface area (Å²) in [6, 6.07) is 8.25. The third-order valence-electron chi connectivity index (χ3n) is 3.21. The van der Waals surface area contributed by atoms with Crippen LogP contribution in [0.4, 0.5) is 0 Å². The number of hydrogen-bond acceptors (Lipinski definition) is 3. The van der Waals surface area contributed by atoms with Crippen molar-refractivity contribution in [1.29, 1.82) is 0 Å². The van der Waals surface area contributed by atoms with E-state index >= 15 is 0 Å². The molecule has 22 heavy (non-hydrogen) atoms. The van der Waals surface area contributed by atoms with Crippen molar-refractivity contribution in [2.45, 2.75) is 20.0 Å². The number of halogens is 1. The highest BCUT2D eigenvalue weighted by Crippen LogP contribution is 2.37. The lowest BCUT2D eigenvalue weighted by Gasteiger charge is -2.14. The van der Waals surface area contributed by atoms with Gasteiger partial charge in [0.2, 0.25) is 0 Å². The first-order chi connectivity index (χ1) is 10.1. The zero-order chi connectivity index (χ0) is 14.8. The minimum atomic E-state index is -0.265. The Bertz CT molecular complexity index is 712. The van der Waals surface area contributed by atoms with Crippen LogP contribution in [0.2, 0.25) is 0 Å². The van der Waals surface area contributed by atoms with Gasteiger partial charge < -0.3 is 4.74 Å². The molecule has 0 atom stereocenters. The summed E-state index contributed by atoms with van der Waals surface area (Å²) in [7, 11) is 0. The van der Waals surface area contributed by atoms with Gasteiger partial charge in [-0.2, -0.15) is 0 Å². The second-order valence-corrected chi connectivity index (χ2v) is 6.13. The summed E-state index contributed by atoms with van der Waals surface area (Å²) in [5.74, 6) is -0.265. The number of carbonyl (C=O) groups excluding carboxylic acids is 1. The second kappa shape index (κ2) is 7.03. The summed E-state index contributed by atoms with van der Waals surface area (Å²) in [5.41, 5.74) is 4.04. The summed E-state index contributed by atoms with van der Waals surface area (Å²) < 4.78 is 5.25. The van der Waals surface area contributed by atoms with Crippen molar-refractivity contribution in [3.8, 4) is 0 Å². The van der Waals surface area contributed by atoms with Crippen LogP contribution in [-0.4, -0.2) is 12.1 Å². The number of hydrogen-bond donors (Lipinski definition) is 0. The third-order valence-corrected chi connectivity index (χ3v) is 4.19. The normalized spacial score (nSPS) is 15.5. The fraction of sp³-hybridized carbons (Fsp3) is 0.167. The smallest absolute Gasteiger partial charge is 0.338 e. The average Bonchev–Trinajstić information content (AvgIpc) is 2.64. The van der Waals surface area contributed by atoms with Crippen LogP contribution in [0.3, 0.4) is 0 Å². The van der Waals surface area contributed by atoms with Gasteiger partial charge in [0.25, 0.3) is 0 Å². The zero-order valence-corrected chi connectivity index (χ0v) is 14.0. The molecule has 2 nitrogen and oxygen atoms in total. The van der Waals surface area contributed by atoms with Crippen molar-refractivity contribution in [1.82, 2.24) is 0 Å². The van der Waals surface area contributed by atoms with Gasteiger partial charge in [0.15, 0.2) is 0 Å². The van der Waals surface area contributed by atoms with Gasteiger partial charge in [-0.05, 0) is 48.1 Å². The number of carbonyl (C=O) groups is 1. The Morgan fingerprint density at radius 3 is 2.55 bits per heavy atom. The monoisotopic (exact) mass is 332 g/mol. The van der Waals surface area contributed by atoms with Crippen LogP contribution < -0.4 is 0 Å². The van der Waals surface area contributed by atoms with E-state index in [-0.39, 0.29) is 24.5 Å². The van der Waals surface area contributed by atoms with E-state index in [1.165, 1.54) is 11.1 Å². The van der Waals surface area contributed by atoms with Gasteiger partial charge in [-0.1, -0.05) is 48.2 Å². The summed E-state index contributed by atoms with van der Waals surface area (Å²) in [5, 5.41) is 1.86. The largest absolute Gasteiger partial charge is 0.459 e. The molecule has 0 saturated carbocycles. The lowest BCUT2D eigenvalue weighted by atomic mass is 10.1. The van der Waals surface area contributed by atoms with E-state index in [9.17, 15) is 4.79 Å². The third kappa shape index (κ3) is 3.54. The van der Waals surface area contributed by atoms with Gasteiger partial charge >= 0.3 is 5.97 Å². The highest BCUT2D eigenvalue weighted by atomic mass is 35.5. The van der Waals surface area contributed by atoms with Crippen LogP contribution in [0.25, 0.3) is 12.2 Å². The fourth-order valence-electron chi connectivity index (χ4n) is 2.22. The van der Waals surface area contributed by atoms with Crippen molar-refractivity contribution >= 4 is 42.3 Å². The Balaban J connectivity index is 0.00000176. The maximum atomic E-state index is 12.0. The van der Waals surface area contributed by atoms with E-state index in [4.69, 9.17) is 4.74 Å². The summed E-state index contributed by atoms with van der Waals surface area (Å²) >= 11 is 1.57. The molecule has 0 bridgehead atoms.